The van der Waals surface area contributed by atoms with Gasteiger partial charge in [0.05, 0.1) is 16.6 Å². The van der Waals surface area contributed by atoms with Gasteiger partial charge in [-0.25, -0.2) is 4.98 Å². The van der Waals surface area contributed by atoms with E-state index in [1.807, 2.05) is 0 Å². The zero-order chi connectivity index (χ0) is 15.7. The second-order valence-electron chi connectivity index (χ2n) is 5.81. The maximum Gasteiger partial charge on any atom is 0.311 e. The molecule has 1 aliphatic heterocycles. The van der Waals surface area contributed by atoms with Crippen LogP contribution in [-0.2, 0) is 20.9 Å². The van der Waals surface area contributed by atoms with Crippen molar-refractivity contribution in [1.82, 2.24) is 9.88 Å². The van der Waals surface area contributed by atoms with Crippen molar-refractivity contribution in [1.29, 1.82) is 0 Å². The summed E-state index contributed by atoms with van der Waals surface area (Å²) in [4.78, 5) is 29.8. The van der Waals surface area contributed by atoms with Gasteiger partial charge in [-0.15, -0.1) is 0 Å². The first-order valence-electron chi connectivity index (χ1n) is 7.28. The van der Waals surface area contributed by atoms with Crippen LogP contribution in [0.25, 0.3) is 0 Å². The third-order valence-corrected chi connectivity index (χ3v) is 4.51. The third-order valence-electron chi connectivity index (χ3n) is 3.96. The third kappa shape index (κ3) is 3.70. The number of esters is 1. The van der Waals surface area contributed by atoms with Crippen LogP contribution in [0.1, 0.15) is 25.0 Å². The van der Waals surface area contributed by atoms with Crippen LogP contribution in [0, 0.1) is 11.8 Å². The van der Waals surface area contributed by atoms with Gasteiger partial charge in [0, 0.05) is 19.5 Å². The topological polar surface area (TPSA) is 59.5 Å². The summed E-state index contributed by atoms with van der Waals surface area (Å²) in [5, 5.41) is 0.692. The highest BCUT2D eigenvalue weighted by molar-refractivity contribution is 6.32. The zero-order valence-electron chi connectivity index (χ0n) is 11.9. The largest absolute Gasteiger partial charge is 0.459 e. The second-order valence-corrected chi connectivity index (χ2v) is 6.61. The van der Waals surface area contributed by atoms with E-state index < -0.39 is 5.92 Å². The number of pyridine rings is 1. The maximum absolute atomic E-state index is 12.1. The maximum atomic E-state index is 12.1. The lowest BCUT2D eigenvalue weighted by Crippen LogP contribution is -2.28. The molecule has 1 saturated carbocycles. The van der Waals surface area contributed by atoms with Crippen LogP contribution < -0.4 is 0 Å². The Morgan fingerprint density at radius 1 is 1.36 bits per heavy atom. The molecule has 118 valence electrons. The van der Waals surface area contributed by atoms with Crippen molar-refractivity contribution in [2.75, 3.05) is 13.1 Å². The zero-order valence-corrected chi connectivity index (χ0v) is 13.4. The summed E-state index contributed by atoms with van der Waals surface area (Å²) < 4.78 is 5.24. The molecule has 1 unspecified atom stereocenters. The number of amides is 1. The number of likely N-dealkylation sites (tertiary alicyclic amines) is 1. The molecule has 7 heteroatoms. The number of nitrogens with zero attached hydrogens (tertiary/aromatic N) is 2. The van der Waals surface area contributed by atoms with E-state index in [4.69, 9.17) is 27.9 Å². The van der Waals surface area contributed by atoms with Gasteiger partial charge in [0.2, 0.25) is 5.91 Å². The molecule has 0 aromatic carbocycles. The summed E-state index contributed by atoms with van der Waals surface area (Å²) in [6.07, 6.45) is 2.58. The standard InChI is InChI=1S/C15H16Cl2N2O3/c16-11-3-4-13(17)18-12(11)8-22-15(21)10-5-14(20)19(7-10)6-9-1-2-9/h3-4,9-10H,1-2,5-8H2. The minimum atomic E-state index is -0.399. The van der Waals surface area contributed by atoms with E-state index in [2.05, 4.69) is 4.98 Å². The predicted octanol–water partition coefficient (Wildman–Crippen LogP) is 2.69. The highest BCUT2D eigenvalue weighted by atomic mass is 35.5. The van der Waals surface area contributed by atoms with Gasteiger partial charge in [-0.3, -0.25) is 9.59 Å². The van der Waals surface area contributed by atoms with Crippen molar-refractivity contribution >= 4 is 35.1 Å². The molecule has 1 atom stereocenters. The van der Waals surface area contributed by atoms with Crippen molar-refractivity contribution < 1.29 is 14.3 Å². The Kier molecular flexibility index (Phi) is 4.54. The van der Waals surface area contributed by atoms with E-state index in [1.54, 1.807) is 17.0 Å². The molecule has 5 nitrogen and oxygen atoms in total. The molecule has 0 bridgehead atoms. The van der Waals surface area contributed by atoms with E-state index >= 15 is 0 Å². The molecule has 0 spiro atoms. The van der Waals surface area contributed by atoms with E-state index in [-0.39, 0.29) is 24.9 Å². The quantitative estimate of drug-likeness (QED) is 0.609. The molecule has 2 aliphatic rings. The number of ether oxygens (including phenoxy) is 1. The lowest BCUT2D eigenvalue weighted by molar-refractivity contribution is -0.149. The number of carbonyl (C=O) groups excluding carboxylic acids is 2. The molecule has 1 aromatic rings. The van der Waals surface area contributed by atoms with Crippen LogP contribution in [0.15, 0.2) is 12.1 Å². The molecule has 1 amide bonds. The SMILES string of the molecule is O=C(OCc1nc(Cl)ccc1Cl)C1CC(=O)N(CC2CC2)C1. The molecule has 22 heavy (non-hydrogen) atoms. The summed E-state index contributed by atoms with van der Waals surface area (Å²) >= 11 is 11.8. The highest BCUT2D eigenvalue weighted by Crippen LogP contribution is 2.32. The fourth-order valence-corrected chi connectivity index (χ4v) is 2.86. The molecule has 0 radical (unpaired) electrons. The van der Waals surface area contributed by atoms with Crippen LogP contribution >= 0.6 is 23.2 Å². The van der Waals surface area contributed by atoms with Gasteiger partial charge >= 0.3 is 5.97 Å². The molecular formula is C15H16Cl2N2O3. The van der Waals surface area contributed by atoms with Crippen LogP contribution in [0.2, 0.25) is 10.2 Å². The van der Waals surface area contributed by atoms with Gasteiger partial charge in [-0.2, -0.15) is 0 Å². The Bertz CT molecular complexity index is 604. The minimum Gasteiger partial charge on any atom is -0.459 e. The molecule has 2 fully saturated rings. The normalized spacial score (nSPS) is 21.3. The van der Waals surface area contributed by atoms with Gasteiger partial charge in [0.25, 0.3) is 0 Å². The Balaban J connectivity index is 1.53. The molecule has 1 aliphatic carbocycles. The molecule has 0 N–H and O–H groups in total. The van der Waals surface area contributed by atoms with Crippen LogP contribution in [0.4, 0.5) is 0 Å². The first kappa shape index (κ1) is 15.6. The smallest absolute Gasteiger partial charge is 0.311 e. The summed E-state index contributed by atoms with van der Waals surface area (Å²) in [7, 11) is 0. The summed E-state index contributed by atoms with van der Waals surface area (Å²) in [5.41, 5.74) is 0.418. The van der Waals surface area contributed by atoms with E-state index in [0.717, 1.165) is 6.54 Å². The van der Waals surface area contributed by atoms with Gasteiger partial charge in [-0.1, -0.05) is 23.2 Å². The van der Waals surface area contributed by atoms with Gasteiger partial charge in [0.1, 0.15) is 11.8 Å². The minimum absolute atomic E-state index is 0.0350. The number of hydrogen-bond donors (Lipinski definition) is 0. The molecule has 3 rings (SSSR count). The second kappa shape index (κ2) is 6.42. The van der Waals surface area contributed by atoms with Gasteiger partial charge in [-0.05, 0) is 30.9 Å². The predicted molar refractivity (Wildman–Crippen MR) is 81.5 cm³/mol. The first-order valence-corrected chi connectivity index (χ1v) is 8.04. The Morgan fingerprint density at radius 3 is 2.86 bits per heavy atom. The molecular weight excluding hydrogens is 327 g/mol. The lowest BCUT2D eigenvalue weighted by Gasteiger charge is -2.15. The van der Waals surface area contributed by atoms with Crippen molar-refractivity contribution in [3.63, 3.8) is 0 Å². The monoisotopic (exact) mass is 342 g/mol. The summed E-state index contributed by atoms with van der Waals surface area (Å²) in [6.45, 7) is 1.18. The molecule has 1 aromatic heterocycles. The van der Waals surface area contributed by atoms with Crippen LogP contribution in [0.5, 0.6) is 0 Å². The summed E-state index contributed by atoms with van der Waals surface area (Å²) in [6, 6.07) is 3.18. The van der Waals surface area contributed by atoms with E-state index in [1.165, 1.54) is 12.8 Å². The lowest BCUT2D eigenvalue weighted by atomic mass is 10.1. The highest BCUT2D eigenvalue weighted by Gasteiger charge is 2.37. The number of hydrogen-bond acceptors (Lipinski definition) is 4. The van der Waals surface area contributed by atoms with Crippen molar-refractivity contribution in [2.24, 2.45) is 11.8 Å². The number of aromatic nitrogens is 1. The fraction of sp³-hybridized carbons (Fsp3) is 0.533. The average molecular weight is 343 g/mol. The first-order chi connectivity index (χ1) is 10.5. The van der Waals surface area contributed by atoms with Crippen LogP contribution in [0.3, 0.4) is 0 Å². The van der Waals surface area contributed by atoms with Crippen molar-refractivity contribution in [3.05, 3.63) is 28.0 Å². The van der Waals surface area contributed by atoms with Gasteiger partial charge in [0.15, 0.2) is 0 Å². The van der Waals surface area contributed by atoms with E-state index in [0.29, 0.717) is 28.3 Å². The molecule has 1 saturated heterocycles. The number of carbonyl (C=O) groups is 2. The van der Waals surface area contributed by atoms with Gasteiger partial charge < -0.3 is 9.64 Å². The molecule has 2 heterocycles. The van der Waals surface area contributed by atoms with Crippen LogP contribution in [-0.4, -0.2) is 34.8 Å². The van der Waals surface area contributed by atoms with Crippen molar-refractivity contribution in [2.45, 2.75) is 25.9 Å². The Morgan fingerprint density at radius 2 is 2.14 bits per heavy atom. The Hall–Kier alpha value is -1.33. The average Bonchev–Trinajstić information content (AvgIpc) is 3.22. The van der Waals surface area contributed by atoms with E-state index in [9.17, 15) is 9.59 Å². The summed E-state index contributed by atoms with van der Waals surface area (Å²) in [5.74, 6) is -0.130. The Labute approximate surface area is 138 Å². The fourth-order valence-electron chi connectivity index (χ4n) is 2.53. The number of halogens is 2. The number of rotatable bonds is 5. The van der Waals surface area contributed by atoms with Crippen molar-refractivity contribution in [3.8, 4) is 0 Å².